The summed E-state index contributed by atoms with van der Waals surface area (Å²) in [7, 11) is 0. The van der Waals surface area contributed by atoms with E-state index in [1.54, 1.807) is 17.2 Å². The fourth-order valence-electron chi connectivity index (χ4n) is 2.91. The lowest BCUT2D eigenvalue weighted by atomic mass is 9.91. The Morgan fingerprint density at radius 3 is 3.16 bits per heavy atom. The van der Waals surface area contributed by atoms with Gasteiger partial charge in [-0.3, -0.25) is 14.6 Å². The molecule has 0 spiro atoms. The molecule has 2 amide bonds. The van der Waals surface area contributed by atoms with E-state index >= 15 is 0 Å². The Morgan fingerprint density at radius 1 is 1.53 bits per heavy atom. The summed E-state index contributed by atoms with van der Waals surface area (Å²) in [6.07, 6.45) is 4.72. The number of aromatic nitrogens is 1. The Labute approximate surface area is 115 Å². The Balaban J connectivity index is 1.87. The summed E-state index contributed by atoms with van der Waals surface area (Å²) in [4.78, 5) is 29.9. The average Bonchev–Trinajstić information content (AvgIpc) is 2.80. The molecule has 3 rings (SSSR count). The highest BCUT2D eigenvalue weighted by Crippen LogP contribution is 2.29. The van der Waals surface area contributed by atoms with E-state index in [9.17, 15) is 9.59 Å². The normalized spacial score (nSPS) is 25.9. The number of fused-ring (bicyclic) bond motifs is 1. The van der Waals surface area contributed by atoms with E-state index in [0.717, 1.165) is 12.8 Å². The van der Waals surface area contributed by atoms with Crippen molar-refractivity contribution in [2.45, 2.75) is 18.9 Å². The number of halogens is 1. The molecule has 0 bridgehead atoms. The lowest BCUT2D eigenvalue weighted by Gasteiger charge is -2.36. The van der Waals surface area contributed by atoms with Crippen molar-refractivity contribution in [1.29, 1.82) is 0 Å². The van der Waals surface area contributed by atoms with E-state index in [2.05, 4.69) is 10.3 Å². The molecule has 2 saturated heterocycles. The van der Waals surface area contributed by atoms with E-state index in [0.29, 0.717) is 23.7 Å². The molecule has 1 N–H and O–H groups in total. The summed E-state index contributed by atoms with van der Waals surface area (Å²) in [5.41, 5.74) is 0.455. The number of pyridine rings is 1. The first-order valence-corrected chi connectivity index (χ1v) is 6.74. The van der Waals surface area contributed by atoms with Gasteiger partial charge in [0.05, 0.1) is 22.5 Å². The summed E-state index contributed by atoms with van der Waals surface area (Å²) in [6.45, 7) is 1.21. The molecule has 0 saturated carbocycles. The van der Waals surface area contributed by atoms with Crippen LogP contribution in [0.2, 0.25) is 5.02 Å². The fraction of sp³-hybridized carbons (Fsp3) is 0.462. The minimum atomic E-state index is -0.112. The fourth-order valence-corrected chi connectivity index (χ4v) is 3.11. The minimum absolute atomic E-state index is 0.0435. The first-order chi connectivity index (χ1) is 9.18. The SMILES string of the molecule is O=C1NC[C@@H]2[C@H]1CCCN2C(=O)c1ccncc1Cl. The van der Waals surface area contributed by atoms with Crippen LogP contribution in [0.4, 0.5) is 0 Å². The largest absolute Gasteiger partial charge is 0.354 e. The van der Waals surface area contributed by atoms with Gasteiger partial charge in [0.15, 0.2) is 0 Å². The zero-order chi connectivity index (χ0) is 13.4. The molecule has 0 unspecified atom stereocenters. The van der Waals surface area contributed by atoms with Crippen molar-refractivity contribution in [2.75, 3.05) is 13.1 Å². The van der Waals surface area contributed by atoms with Gasteiger partial charge in [-0.1, -0.05) is 11.6 Å². The second-order valence-electron chi connectivity index (χ2n) is 4.92. The maximum Gasteiger partial charge on any atom is 0.255 e. The van der Waals surface area contributed by atoms with E-state index in [-0.39, 0.29) is 23.8 Å². The molecule has 0 aliphatic carbocycles. The Bertz CT molecular complexity index is 534. The van der Waals surface area contributed by atoms with Gasteiger partial charge in [0.1, 0.15) is 0 Å². The monoisotopic (exact) mass is 279 g/mol. The van der Waals surface area contributed by atoms with Gasteiger partial charge in [0, 0.05) is 25.5 Å². The number of likely N-dealkylation sites (tertiary alicyclic amines) is 1. The van der Waals surface area contributed by atoms with Crippen molar-refractivity contribution in [3.05, 3.63) is 29.0 Å². The first-order valence-electron chi connectivity index (χ1n) is 6.36. The van der Waals surface area contributed by atoms with Crippen LogP contribution in [-0.2, 0) is 4.79 Å². The van der Waals surface area contributed by atoms with Crippen LogP contribution < -0.4 is 5.32 Å². The molecule has 2 atom stereocenters. The second kappa shape index (κ2) is 4.81. The molecule has 0 aromatic carbocycles. The van der Waals surface area contributed by atoms with E-state index in [1.807, 2.05) is 0 Å². The van der Waals surface area contributed by atoms with Crippen molar-refractivity contribution >= 4 is 23.4 Å². The second-order valence-corrected chi connectivity index (χ2v) is 5.32. The van der Waals surface area contributed by atoms with Crippen LogP contribution in [0.3, 0.4) is 0 Å². The highest BCUT2D eigenvalue weighted by Gasteiger charge is 2.42. The molecular weight excluding hydrogens is 266 g/mol. The third kappa shape index (κ3) is 2.08. The van der Waals surface area contributed by atoms with E-state index in [1.165, 1.54) is 6.20 Å². The van der Waals surface area contributed by atoms with Crippen molar-refractivity contribution in [1.82, 2.24) is 15.2 Å². The summed E-state index contributed by atoms with van der Waals surface area (Å²) in [5.74, 6) is -0.125. The molecule has 2 fully saturated rings. The van der Waals surface area contributed by atoms with Crippen LogP contribution >= 0.6 is 11.6 Å². The predicted molar refractivity (Wildman–Crippen MR) is 69.8 cm³/mol. The molecule has 6 heteroatoms. The van der Waals surface area contributed by atoms with Crippen LogP contribution in [0.5, 0.6) is 0 Å². The molecule has 5 nitrogen and oxygen atoms in total. The minimum Gasteiger partial charge on any atom is -0.354 e. The summed E-state index contributed by atoms with van der Waals surface area (Å²) in [6, 6.07) is 1.58. The molecule has 100 valence electrons. The van der Waals surface area contributed by atoms with Gasteiger partial charge in [-0.2, -0.15) is 0 Å². The van der Waals surface area contributed by atoms with Gasteiger partial charge < -0.3 is 10.2 Å². The Kier molecular flexibility index (Phi) is 3.14. The number of amides is 2. The molecular formula is C13H14ClN3O2. The molecule has 2 aliphatic heterocycles. The Morgan fingerprint density at radius 2 is 2.37 bits per heavy atom. The number of nitrogens with zero attached hydrogens (tertiary/aromatic N) is 2. The zero-order valence-electron chi connectivity index (χ0n) is 10.3. The van der Waals surface area contributed by atoms with E-state index in [4.69, 9.17) is 11.6 Å². The topological polar surface area (TPSA) is 62.3 Å². The van der Waals surface area contributed by atoms with Gasteiger partial charge in [-0.25, -0.2) is 0 Å². The van der Waals surface area contributed by atoms with Gasteiger partial charge >= 0.3 is 0 Å². The quantitative estimate of drug-likeness (QED) is 0.837. The highest BCUT2D eigenvalue weighted by atomic mass is 35.5. The number of carbonyl (C=O) groups is 2. The van der Waals surface area contributed by atoms with Gasteiger partial charge in [0.2, 0.25) is 5.91 Å². The molecule has 0 radical (unpaired) electrons. The van der Waals surface area contributed by atoms with Crippen molar-refractivity contribution in [2.24, 2.45) is 5.92 Å². The molecule has 19 heavy (non-hydrogen) atoms. The number of carbonyl (C=O) groups excluding carboxylic acids is 2. The number of piperidine rings is 1. The van der Waals surface area contributed by atoms with Gasteiger partial charge in [0.25, 0.3) is 5.91 Å². The number of hydrogen-bond donors (Lipinski definition) is 1. The molecule has 1 aromatic rings. The summed E-state index contributed by atoms with van der Waals surface area (Å²) < 4.78 is 0. The van der Waals surface area contributed by atoms with Crippen LogP contribution in [-0.4, -0.2) is 40.8 Å². The summed E-state index contributed by atoms with van der Waals surface area (Å²) >= 11 is 6.02. The lowest BCUT2D eigenvalue weighted by molar-refractivity contribution is -0.123. The predicted octanol–water partition coefficient (Wildman–Crippen LogP) is 1.09. The van der Waals surface area contributed by atoms with Gasteiger partial charge in [-0.05, 0) is 18.9 Å². The highest BCUT2D eigenvalue weighted by molar-refractivity contribution is 6.33. The lowest BCUT2D eigenvalue weighted by Crippen LogP contribution is -2.48. The van der Waals surface area contributed by atoms with Crippen molar-refractivity contribution in [3.8, 4) is 0 Å². The number of rotatable bonds is 1. The zero-order valence-corrected chi connectivity index (χ0v) is 11.1. The molecule has 3 heterocycles. The van der Waals surface area contributed by atoms with Gasteiger partial charge in [-0.15, -0.1) is 0 Å². The van der Waals surface area contributed by atoms with Crippen LogP contribution in [0.25, 0.3) is 0 Å². The van der Waals surface area contributed by atoms with Crippen molar-refractivity contribution in [3.63, 3.8) is 0 Å². The number of hydrogen-bond acceptors (Lipinski definition) is 3. The standard InChI is InChI=1S/C13H14ClN3O2/c14-10-6-15-4-3-8(10)13(19)17-5-1-2-9-11(17)7-16-12(9)18/h3-4,6,9,11H,1-2,5,7H2,(H,16,18)/t9-,11-/m1/s1. The molecule has 1 aromatic heterocycles. The number of nitrogens with one attached hydrogen (secondary N) is 1. The van der Waals surface area contributed by atoms with Crippen molar-refractivity contribution < 1.29 is 9.59 Å². The Hall–Kier alpha value is -1.62. The molecule has 2 aliphatic rings. The summed E-state index contributed by atoms with van der Waals surface area (Å²) in [5, 5.41) is 3.19. The van der Waals surface area contributed by atoms with Crippen LogP contribution in [0.1, 0.15) is 23.2 Å². The maximum atomic E-state index is 12.5. The maximum absolute atomic E-state index is 12.5. The smallest absolute Gasteiger partial charge is 0.255 e. The van der Waals surface area contributed by atoms with Crippen LogP contribution in [0, 0.1) is 5.92 Å². The third-order valence-corrected chi connectivity index (χ3v) is 4.17. The van der Waals surface area contributed by atoms with Crippen LogP contribution in [0.15, 0.2) is 18.5 Å². The average molecular weight is 280 g/mol. The third-order valence-electron chi connectivity index (χ3n) is 3.86. The first kappa shape index (κ1) is 12.4. The van der Waals surface area contributed by atoms with E-state index < -0.39 is 0 Å².